The van der Waals surface area contributed by atoms with Gasteiger partial charge in [-0.1, -0.05) is 43.2 Å². The van der Waals surface area contributed by atoms with Crippen LogP contribution in [0.15, 0.2) is 48.7 Å². The second-order valence-electron chi connectivity index (χ2n) is 6.20. The summed E-state index contributed by atoms with van der Waals surface area (Å²) in [6.45, 7) is 0.587. The van der Waals surface area contributed by atoms with Crippen molar-refractivity contribution in [2.45, 2.75) is 38.3 Å². The van der Waals surface area contributed by atoms with E-state index in [1.54, 1.807) is 17.2 Å². The quantitative estimate of drug-likeness (QED) is 0.916. The van der Waals surface area contributed by atoms with Crippen molar-refractivity contribution in [1.29, 1.82) is 0 Å². The lowest BCUT2D eigenvalue weighted by Gasteiger charge is -2.17. The topological polar surface area (TPSA) is 45.2 Å². The van der Waals surface area contributed by atoms with Gasteiger partial charge in [0, 0.05) is 19.6 Å². The maximum atomic E-state index is 12.4. The minimum absolute atomic E-state index is 0.0544. The third kappa shape index (κ3) is 4.09. The van der Waals surface area contributed by atoms with Crippen LogP contribution in [0.1, 0.15) is 41.7 Å². The highest BCUT2D eigenvalue weighted by Crippen LogP contribution is 2.22. The van der Waals surface area contributed by atoms with Gasteiger partial charge in [-0.15, -0.1) is 0 Å². The third-order valence-electron chi connectivity index (χ3n) is 4.32. The number of amides is 1. The smallest absolute Gasteiger partial charge is 0.272 e. The normalized spacial score (nSPS) is 14.7. The zero-order valence-corrected chi connectivity index (χ0v) is 13.5. The summed E-state index contributed by atoms with van der Waals surface area (Å²) in [6.07, 6.45) is 6.81. The fourth-order valence-electron chi connectivity index (χ4n) is 3.04. The first-order chi connectivity index (χ1) is 11.2. The van der Waals surface area contributed by atoms with Gasteiger partial charge in [-0.25, -0.2) is 4.98 Å². The molecule has 3 rings (SSSR count). The molecule has 0 radical (unpaired) electrons. The van der Waals surface area contributed by atoms with Gasteiger partial charge in [0.1, 0.15) is 5.69 Å². The zero-order valence-electron chi connectivity index (χ0n) is 13.5. The molecule has 4 nitrogen and oxygen atoms in total. The van der Waals surface area contributed by atoms with Gasteiger partial charge in [-0.3, -0.25) is 4.79 Å². The van der Waals surface area contributed by atoms with Crippen LogP contribution in [0, 0.1) is 0 Å². The second kappa shape index (κ2) is 7.27. The summed E-state index contributed by atoms with van der Waals surface area (Å²) in [5.41, 5.74) is 2.60. The van der Waals surface area contributed by atoms with E-state index in [1.807, 2.05) is 43.4 Å². The predicted octanol–water partition coefficient (Wildman–Crippen LogP) is 3.71. The van der Waals surface area contributed by atoms with Crippen molar-refractivity contribution in [3.05, 3.63) is 59.9 Å². The highest BCUT2D eigenvalue weighted by atomic mass is 16.2. The predicted molar refractivity (Wildman–Crippen MR) is 92.4 cm³/mol. The first kappa shape index (κ1) is 15.5. The van der Waals surface area contributed by atoms with Crippen LogP contribution in [0.5, 0.6) is 0 Å². The van der Waals surface area contributed by atoms with E-state index < -0.39 is 0 Å². The molecule has 0 aliphatic heterocycles. The van der Waals surface area contributed by atoms with Crippen LogP contribution in [0.25, 0.3) is 0 Å². The zero-order chi connectivity index (χ0) is 16.1. The van der Waals surface area contributed by atoms with Gasteiger partial charge in [-0.2, -0.15) is 0 Å². The molecule has 0 saturated heterocycles. The largest absolute Gasteiger partial charge is 0.381 e. The summed E-state index contributed by atoms with van der Waals surface area (Å²) in [4.78, 5) is 18.5. The Kier molecular flexibility index (Phi) is 4.91. The Hall–Kier alpha value is -2.36. The van der Waals surface area contributed by atoms with E-state index in [1.165, 1.54) is 25.7 Å². The van der Waals surface area contributed by atoms with E-state index in [-0.39, 0.29) is 5.91 Å². The lowest BCUT2D eigenvalue weighted by atomic mass is 10.2. The fraction of sp³-hybridized carbons (Fsp3) is 0.368. The average molecular weight is 309 g/mol. The van der Waals surface area contributed by atoms with Crippen LogP contribution in [0.4, 0.5) is 5.69 Å². The van der Waals surface area contributed by atoms with Gasteiger partial charge in [0.2, 0.25) is 0 Å². The van der Waals surface area contributed by atoms with Crippen molar-refractivity contribution >= 4 is 11.6 Å². The summed E-state index contributed by atoms with van der Waals surface area (Å²) in [5, 5.41) is 3.49. The first-order valence-corrected chi connectivity index (χ1v) is 8.24. The van der Waals surface area contributed by atoms with Crippen molar-refractivity contribution in [2.24, 2.45) is 0 Å². The number of benzene rings is 1. The van der Waals surface area contributed by atoms with E-state index in [9.17, 15) is 4.79 Å². The first-order valence-electron chi connectivity index (χ1n) is 8.24. The molecular weight excluding hydrogens is 286 g/mol. The molecule has 4 heteroatoms. The average Bonchev–Trinajstić information content (AvgIpc) is 3.09. The van der Waals surface area contributed by atoms with Crippen LogP contribution in [-0.2, 0) is 6.54 Å². The molecule has 23 heavy (non-hydrogen) atoms. The van der Waals surface area contributed by atoms with E-state index in [2.05, 4.69) is 10.3 Å². The Morgan fingerprint density at radius 3 is 2.57 bits per heavy atom. The number of nitrogens with one attached hydrogen (secondary N) is 1. The summed E-state index contributed by atoms with van der Waals surface area (Å²) >= 11 is 0. The molecule has 0 spiro atoms. The second-order valence-corrected chi connectivity index (χ2v) is 6.20. The number of carbonyl (C=O) groups excluding carboxylic acids is 1. The molecule has 120 valence electrons. The molecule has 1 amide bonds. The molecule has 1 N–H and O–H groups in total. The van der Waals surface area contributed by atoms with Crippen molar-refractivity contribution in [3.8, 4) is 0 Å². The standard InChI is InChI=1S/C19H23N3O/c1-22(14-15-7-3-2-4-8-15)19(23)18-12-11-17(13-20-18)21-16-9-5-6-10-16/h2-4,7-8,11-13,16,21H,5-6,9-10,14H2,1H3. The Morgan fingerprint density at radius 2 is 1.91 bits per heavy atom. The summed E-state index contributed by atoms with van der Waals surface area (Å²) in [5.74, 6) is -0.0544. The van der Waals surface area contributed by atoms with Crippen LogP contribution >= 0.6 is 0 Å². The molecule has 2 aromatic rings. The molecule has 1 aromatic heterocycles. The number of carbonyl (C=O) groups is 1. The number of anilines is 1. The van der Waals surface area contributed by atoms with E-state index in [4.69, 9.17) is 0 Å². The lowest BCUT2D eigenvalue weighted by Crippen LogP contribution is -2.27. The highest BCUT2D eigenvalue weighted by Gasteiger charge is 2.16. The van der Waals surface area contributed by atoms with Crippen molar-refractivity contribution in [2.75, 3.05) is 12.4 Å². The maximum Gasteiger partial charge on any atom is 0.272 e. The Bertz CT molecular complexity index is 633. The van der Waals surface area contributed by atoms with Crippen LogP contribution in [-0.4, -0.2) is 28.9 Å². The van der Waals surface area contributed by atoms with Crippen LogP contribution in [0.3, 0.4) is 0 Å². The lowest BCUT2D eigenvalue weighted by molar-refractivity contribution is 0.0779. The van der Waals surface area contributed by atoms with Gasteiger partial charge < -0.3 is 10.2 Å². The van der Waals surface area contributed by atoms with E-state index >= 15 is 0 Å². The Morgan fingerprint density at radius 1 is 1.17 bits per heavy atom. The van der Waals surface area contributed by atoms with Gasteiger partial charge >= 0.3 is 0 Å². The molecule has 1 fully saturated rings. The SMILES string of the molecule is CN(Cc1ccccc1)C(=O)c1ccc(NC2CCCC2)cn1. The number of hydrogen-bond donors (Lipinski definition) is 1. The summed E-state index contributed by atoms with van der Waals surface area (Å²) < 4.78 is 0. The van der Waals surface area contributed by atoms with Crippen LogP contribution in [0.2, 0.25) is 0 Å². The Labute approximate surface area is 137 Å². The minimum Gasteiger partial charge on any atom is -0.381 e. The van der Waals surface area contributed by atoms with Gasteiger partial charge in [0.05, 0.1) is 11.9 Å². The van der Waals surface area contributed by atoms with E-state index in [0.717, 1.165) is 11.3 Å². The molecule has 1 heterocycles. The van der Waals surface area contributed by atoms with Gasteiger partial charge in [-0.05, 0) is 30.5 Å². The number of pyridine rings is 1. The number of hydrogen-bond acceptors (Lipinski definition) is 3. The molecule has 0 atom stereocenters. The van der Waals surface area contributed by atoms with Crippen LogP contribution < -0.4 is 5.32 Å². The third-order valence-corrected chi connectivity index (χ3v) is 4.32. The molecule has 1 aliphatic rings. The molecule has 0 unspecified atom stereocenters. The highest BCUT2D eigenvalue weighted by molar-refractivity contribution is 5.92. The monoisotopic (exact) mass is 309 g/mol. The molecule has 0 bridgehead atoms. The summed E-state index contributed by atoms with van der Waals surface area (Å²) in [6, 6.07) is 14.3. The van der Waals surface area contributed by atoms with Crippen molar-refractivity contribution in [3.63, 3.8) is 0 Å². The van der Waals surface area contributed by atoms with Crippen molar-refractivity contribution < 1.29 is 4.79 Å². The minimum atomic E-state index is -0.0544. The number of aromatic nitrogens is 1. The number of rotatable bonds is 5. The number of nitrogens with zero attached hydrogens (tertiary/aromatic N) is 2. The maximum absolute atomic E-state index is 12.4. The molecule has 1 aromatic carbocycles. The van der Waals surface area contributed by atoms with Gasteiger partial charge in [0.25, 0.3) is 5.91 Å². The molecular formula is C19H23N3O. The fourth-order valence-corrected chi connectivity index (χ4v) is 3.04. The van der Waals surface area contributed by atoms with Gasteiger partial charge in [0.15, 0.2) is 0 Å². The Balaban J connectivity index is 1.60. The molecule has 1 aliphatic carbocycles. The summed E-state index contributed by atoms with van der Waals surface area (Å²) in [7, 11) is 1.81. The van der Waals surface area contributed by atoms with Crippen molar-refractivity contribution in [1.82, 2.24) is 9.88 Å². The van der Waals surface area contributed by atoms with E-state index in [0.29, 0.717) is 18.3 Å². The molecule has 1 saturated carbocycles.